The van der Waals surface area contributed by atoms with Gasteiger partial charge in [-0.3, -0.25) is 4.98 Å². The van der Waals surface area contributed by atoms with E-state index in [0.29, 0.717) is 28.3 Å². The lowest BCUT2D eigenvalue weighted by molar-refractivity contribution is 0.195. The molecule has 2 aromatic heterocycles. The van der Waals surface area contributed by atoms with Gasteiger partial charge in [0, 0.05) is 41.6 Å². The highest BCUT2D eigenvalue weighted by atomic mass is 19.3. The summed E-state index contributed by atoms with van der Waals surface area (Å²) in [6, 6.07) is 7.49. The maximum absolute atomic E-state index is 13.6. The first-order valence-electron chi connectivity index (χ1n) is 9.74. The van der Waals surface area contributed by atoms with Crippen LogP contribution in [-0.2, 0) is 0 Å². The summed E-state index contributed by atoms with van der Waals surface area (Å²) in [5.41, 5.74) is 3.69. The molecule has 0 radical (unpaired) electrons. The summed E-state index contributed by atoms with van der Waals surface area (Å²) in [6.07, 6.45) is 3.86. The van der Waals surface area contributed by atoms with Gasteiger partial charge in [-0.25, -0.2) is 13.8 Å². The summed E-state index contributed by atoms with van der Waals surface area (Å²) < 4.78 is 27.3. The van der Waals surface area contributed by atoms with Crippen LogP contribution in [0, 0.1) is 5.41 Å². The van der Waals surface area contributed by atoms with Crippen LogP contribution in [0.5, 0.6) is 0 Å². The van der Waals surface area contributed by atoms with E-state index in [1.807, 2.05) is 18.2 Å². The number of nitrogens with one attached hydrogen (secondary N) is 3. The predicted molar refractivity (Wildman–Crippen MR) is 111 cm³/mol. The molecular formula is C22H23F2N5. The maximum atomic E-state index is 13.6. The highest BCUT2D eigenvalue weighted by Gasteiger charge is 2.24. The lowest BCUT2D eigenvalue weighted by Gasteiger charge is -2.22. The van der Waals surface area contributed by atoms with Gasteiger partial charge >= 0.3 is 0 Å². The molecule has 2 aromatic rings. The van der Waals surface area contributed by atoms with Gasteiger partial charge in [-0.1, -0.05) is 0 Å². The molecule has 2 aliphatic rings. The molecule has 1 fully saturated rings. The van der Waals surface area contributed by atoms with Crippen molar-refractivity contribution in [1.29, 1.82) is 5.41 Å². The molecule has 0 spiro atoms. The van der Waals surface area contributed by atoms with Gasteiger partial charge in [0.2, 0.25) is 0 Å². The molecule has 0 bridgehead atoms. The summed E-state index contributed by atoms with van der Waals surface area (Å²) in [5.74, 6) is 0.440. The van der Waals surface area contributed by atoms with E-state index in [1.165, 1.54) is 6.08 Å². The first-order valence-corrected chi connectivity index (χ1v) is 9.74. The molecule has 0 unspecified atom stereocenters. The van der Waals surface area contributed by atoms with Gasteiger partial charge in [0.25, 0.3) is 6.43 Å². The normalized spacial score (nSPS) is 19.6. The van der Waals surface area contributed by atoms with Crippen LogP contribution in [0.4, 0.5) is 8.78 Å². The van der Waals surface area contributed by atoms with Gasteiger partial charge < -0.3 is 16.0 Å². The number of aromatic nitrogens is 2. The Labute approximate surface area is 168 Å². The standard InChI is InChI=1S/C22H23F2N5/c1-26-12-14-10-15(16(22(23)24)11-17(14)25)19-3-5-20-21(29-19)4-2-18(28-20)13-6-8-27-9-7-13/h2-5,10-13,22,25-27H,6-9H2,1H3/b14-12-,25-17?. The van der Waals surface area contributed by atoms with E-state index in [1.54, 1.807) is 25.4 Å². The highest BCUT2D eigenvalue weighted by molar-refractivity contribution is 6.14. The fourth-order valence-corrected chi connectivity index (χ4v) is 3.83. The number of piperidine rings is 1. The number of rotatable bonds is 4. The third-order valence-electron chi connectivity index (χ3n) is 5.35. The van der Waals surface area contributed by atoms with E-state index < -0.39 is 6.43 Å². The molecule has 4 rings (SSSR count). The first kappa shape index (κ1) is 19.4. The SMILES string of the molecule is CN/C=C1/C=C(c2ccc3nc(C4CCNCC4)ccc3n2)C(C(F)F)=CC1=N. The predicted octanol–water partition coefficient (Wildman–Crippen LogP) is 3.81. The topological polar surface area (TPSA) is 73.7 Å². The van der Waals surface area contributed by atoms with E-state index in [0.717, 1.165) is 37.1 Å². The van der Waals surface area contributed by atoms with Crippen molar-refractivity contribution in [2.75, 3.05) is 20.1 Å². The van der Waals surface area contributed by atoms with Gasteiger partial charge in [0.15, 0.2) is 0 Å². The van der Waals surface area contributed by atoms with E-state index in [4.69, 9.17) is 10.4 Å². The molecule has 0 saturated carbocycles. The minimum absolute atomic E-state index is 0.0486. The van der Waals surface area contributed by atoms with E-state index >= 15 is 0 Å². The number of nitrogens with zero attached hydrogens (tertiary/aromatic N) is 2. The Morgan fingerprint density at radius 1 is 1.10 bits per heavy atom. The Hall–Kier alpha value is -2.93. The zero-order valence-corrected chi connectivity index (χ0v) is 16.2. The molecule has 1 aliphatic heterocycles. The number of hydrogen-bond acceptors (Lipinski definition) is 5. The number of allylic oxidation sites excluding steroid dienone is 5. The van der Waals surface area contributed by atoms with Crippen molar-refractivity contribution in [3.05, 3.63) is 65.2 Å². The number of hydrogen-bond donors (Lipinski definition) is 3. The molecule has 29 heavy (non-hydrogen) atoms. The molecular weight excluding hydrogens is 372 g/mol. The molecule has 0 aromatic carbocycles. The highest BCUT2D eigenvalue weighted by Crippen LogP contribution is 2.33. The van der Waals surface area contributed by atoms with Crippen molar-refractivity contribution in [2.24, 2.45) is 0 Å². The number of halogens is 2. The van der Waals surface area contributed by atoms with Crippen molar-refractivity contribution in [2.45, 2.75) is 25.2 Å². The van der Waals surface area contributed by atoms with Crippen LogP contribution in [0.15, 0.2) is 53.8 Å². The van der Waals surface area contributed by atoms with Crippen LogP contribution in [-0.4, -0.2) is 42.2 Å². The molecule has 1 saturated heterocycles. The smallest absolute Gasteiger partial charge is 0.264 e. The average Bonchev–Trinajstić information content (AvgIpc) is 2.75. The molecule has 3 heterocycles. The third kappa shape index (κ3) is 3.96. The largest absolute Gasteiger partial charge is 0.393 e. The molecule has 0 amide bonds. The molecule has 1 aliphatic carbocycles. The summed E-state index contributed by atoms with van der Waals surface area (Å²) in [7, 11) is 1.71. The van der Waals surface area contributed by atoms with Gasteiger partial charge in [-0.2, -0.15) is 0 Å². The fraction of sp³-hybridized carbons (Fsp3) is 0.318. The lowest BCUT2D eigenvalue weighted by Crippen LogP contribution is -2.27. The van der Waals surface area contributed by atoms with Gasteiger partial charge in [-0.05, 0) is 62.3 Å². The van der Waals surface area contributed by atoms with Crippen molar-refractivity contribution in [3.63, 3.8) is 0 Å². The lowest BCUT2D eigenvalue weighted by atomic mass is 9.91. The van der Waals surface area contributed by atoms with Crippen molar-refractivity contribution in [1.82, 2.24) is 20.6 Å². The van der Waals surface area contributed by atoms with Gasteiger partial charge in [0.1, 0.15) is 0 Å². The van der Waals surface area contributed by atoms with Crippen LogP contribution < -0.4 is 10.6 Å². The molecule has 0 atom stereocenters. The Balaban J connectivity index is 1.72. The monoisotopic (exact) mass is 395 g/mol. The first-order chi connectivity index (χ1) is 14.1. The Morgan fingerprint density at radius 2 is 1.83 bits per heavy atom. The van der Waals surface area contributed by atoms with E-state index in [9.17, 15) is 8.78 Å². The van der Waals surface area contributed by atoms with Crippen molar-refractivity contribution in [3.8, 4) is 0 Å². The minimum atomic E-state index is -2.68. The van der Waals surface area contributed by atoms with Gasteiger partial charge in [-0.15, -0.1) is 0 Å². The second kappa shape index (κ2) is 8.21. The van der Waals surface area contributed by atoms with Crippen LogP contribution in [0.25, 0.3) is 16.6 Å². The summed E-state index contributed by atoms with van der Waals surface area (Å²) >= 11 is 0. The van der Waals surface area contributed by atoms with Crippen molar-refractivity contribution < 1.29 is 8.78 Å². The Kier molecular flexibility index (Phi) is 5.49. The molecule has 5 nitrogen and oxygen atoms in total. The number of fused-ring (bicyclic) bond motifs is 1. The summed E-state index contributed by atoms with van der Waals surface area (Å²) in [5, 5.41) is 14.2. The molecule has 7 heteroatoms. The zero-order valence-electron chi connectivity index (χ0n) is 16.2. The zero-order chi connectivity index (χ0) is 20.4. The second-order valence-electron chi connectivity index (χ2n) is 7.26. The van der Waals surface area contributed by atoms with Crippen molar-refractivity contribution >= 4 is 22.3 Å². The van der Waals surface area contributed by atoms with E-state index in [2.05, 4.69) is 15.6 Å². The van der Waals surface area contributed by atoms with Gasteiger partial charge in [0.05, 0.1) is 22.4 Å². The minimum Gasteiger partial charge on any atom is -0.393 e. The fourth-order valence-electron chi connectivity index (χ4n) is 3.83. The molecule has 150 valence electrons. The average molecular weight is 395 g/mol. The van der Waals surface area contributed by atoms with E-state index in [-0.39, 0.29) is 11.3 Å². The Morgan fingerprint density at radius 3 is 2.55 bits per heavy atom. The van der Waals surface area contributed by atoms with Crippen LogP contribution in [0.3, 0.4) is 0 Å². The maximum Gasteiger partial charge on any atom is 0.264 e. The molecule has 3 N–H and O–H groups in total. The number of alkyl halides is 2. The Bertz CT molecular complexity index is 1030. The summed E-state index contributed by atoms with van der Waals surface area (Å²) in [6.45, 7) is 1.99. The number of pyridine rings is 2. The third-order valence-corrected chi connectivity index (χ3v) is 5.35. The summed E-state index contributed by atoms with van der Waals surface area (Å²) in [4.78, 5) is 9.37. The second-order valence-corrected chi connectivity index (χ2v) is 7.26. The van der Waals surface area contributed by atoms with Crippen LogP contribution in [0.1, 0.15) is 30.1 Å². The quantitative estimate of drug-likeness (QED) is 0.736. The van der Waals surface area contributed by atoms with Crippen LogP contribution >= 0.6 is 0 Å². The van der Waals surface area contributed by atoms with Crippen LogP contribution in [0.2, 0.25) is 0 Å².